The van der Waals surface area contributed by atoms with E-state index in [1.165, 1.54) is 14.2 Å². The molecule has 0 aliphatic rings. The van der Waals surface area contributed by atoms with Crippen LogP contribution >= 0.6 is 11.6 Å². The van der Waals surface area contributed by atoms with E-state index in [1.807, 2.05) is 6.07 Å². The van der Waals surface area contributed by atoms with E-state index in [0.29, 0.717) is 22.4 Å². The van der Waals surface area contributed by atoms with E-state index < -0.39 is 0 Å². The highest BCUT2D eigenvalue weighted by atomic mass is 35.5. The summed E-state index contributed by atoms with van der Waals surface area (Å²) in [6.07, 6.45) is 0.0925. The van der Waals surface area contributed by atoms with Crippen molar-refractivity contribution in [3.05, 3.63) is 28.8 Å². The molecule has 1 rings (SSSR count). The van der Waals surface area contributed by atoms with Gasteiger partial charge in [0.1, 0.15) is 5.75 Å². The average molecular weight is 254 g/mol. The van der Waals surface area contributed by atoms with Crippen LogP contribution in [0.4, 0.5) is 0 Å². The topological polar surface area (TPSA) is 59.3 Å². The molecule has 0 bridgehead atoms. The molecular weight excluding hydrogens is 242 g/mol. The minimum Gasteiger partial charge on any atom is -0.496 e. The SMILES string of the molecule is COC(=O)Cc1ccc(C#N)c(CCl)c1OC. The van der Waals surface area contributed by atoms with Crippen molar-refractivity contribution < 1.29 is 14.3 Å². The van der Waals surface area contributed by atoms with Crippen molar-refractivity contribution in [1.29, 1.82) is 5.26 Å². The first-order valence-electron chi connectivity index (χ1n) is 4.89. The molecule has 0 aliphatic heterocycles. The van der Waals surface area contributed by atoms with Gasteiger partial charge in [0.15, 0.2) is 0 Å². The van der Waals surface area contributed by atoms with Gasteiger partial charge in [-0.05, 0) is 6.07 Å². The minimum absolute atomic E-state index is 0.0925. The van der Waals surface area contributed by atoms with Crippen LogP contribution in [0.5, 0.6) is 5.75 Å². The number of rotatable bonds is 4. The van der Waals surface area contributed by atoms with Gasteiger partial charge in [0.2, 0.25) is 0 Å². The fraction of sp³-hybridized carbons (Fsp3) is 0.333. The third-order valence-electron chi connectivity index (χ3n) is 2.36. The summed E-state index contributed by atoms with van der Waals surface area (Å²) in [4.78, 5) is 11.2. The summed E-state index contributed by atoms with van der Waals surface area (Å²) in [6.45, 7) is 0. The van der Waals surface area contributed by atoms with Gasteiger partial charge in [-0.25, -0.2) is 0 Å². The first kappa shape index (κ1) is 13.3. The monoisotopic (exact) mass is 253 g/mol. The number of carbonyl (C=O) groups excluding carboxylic acids is 1. The number of carbonyl (C=O) groups is 1. The van der Waals surface area contributed by atoms with E-state index in [1.54, 1.807) is 12.1 Å². The fourth-order valence-electron chi connectivity index (χ4n) is 1.53. The molecule has 90 valence electrons. The van der Waals surface area contributed by atoms with Crippen LogP contribution in [0.25, 0.3) is 0 Å². The van der Waals surface area contributed by atoms with Gasteiger partial charge in [-0.15, -0.1) is 11.6 Å². The summed E-state index contributed by atoms with van der Waals surface area (Å²) in [5.74, 6) is 0.263. The number of ether oxygens (including phenoxy) is 2. The van der Waals surface area contributed by atoms with Gasteiger partial charge < -0.3 is 9.47 Å². The van der Waals surface area contributed by atoms with Crippen molar-refractivity contribution >= 4 is 17.6 Å². The van der Waals surface area contributed by atoms with Gasteiger partial charge in [0, 0.05) is 11.1 Å². The van der Waals surface area contributed by atoms with Gasteiger partial charge in [0.05, 0.1) is 38.2 Å². The van der Waals surface area contributed by atoms with Crippen molar-refractivity contribution in [3.63, 3.8) is 0 Å². The lowest BCUT2D eigenvalue weighted by Crippen LogP contribution is -2.07. The van der Waals surface area contributed by atoms with Crippen LogP contribution in [0, 0.1) is 11.3 Å². The lowest BCUT2D eigenvalue weighted by Gasteiger charge is -2.12. The number of benzene rings is 1. The third kappa shape index (κ3) is 2.89. The Balaban J connectivity index is 3.24. The average Bonchev–Trinajstić information content (AvgIpc) is 2.37. The summed E-state index contributed by atoms with van der Waals surface area (Å²) in [5.41, 5.74) is 1.71. The molecule has 4 nitrogen and oxygen atoms in total. The summed E-state index contributed by atoms with van der Waals surface area (Å²) in [7, 11) is 2.80. The molecule has 0 aromatic heterocycles. The lowest BCUT2D eigenvalue weighted by molar-refractivity contribution is -0.139. The number of nitriles is 1. The Kier molecular flexibility index (Phi) is 4.80. The van der Waals surface area contributed by atoms with E-state index in [9.17, 15) is 4.79 Å². The molecule has 0 saturated heterocycles. The van der Waals surface area contributed by atoms with E-state index in [-0.39, 0.29) is 18.3 Å². The Bertz CT molecular complexity index is 466. The van der Waals surface area contributed by atoms with Crippen LogP contribution in [0.3, 0.4) is 0 Å². The second-order valence-electron chi connectivity index (χ2n) is 3.28. The molecule has 0 N–H and O–H groups in total. The Morgan fingerprint density at radius 3 is 2.65 bits per heavy atom. The van der Waals surface area contributed by atoms with Crippen molar-refractivity contribution in [2.24, 2.45) is 0 Å². The van der Waals surface area contributed by atoms with Gasteiger partial charge in [-0.3, -0.25) is 4.79 Å². The Morgan fingerprint density at radius 2 is 2.18 bits per heavy atom. The van der Waals surface area contributed by atoms with E-state index >= 15 is 0 Å². The summed E-state index contributed by atoms with van der Waals surface area (Å²) >= 11 is 5.79. The molecular formula is C12H12ClNO3. The predicted molar refractivity (Wildman–Crippen MR) is 63.0 cm³/mol. The molecule has 0 amide bonds. The maximum Gasteiger partial charge on any atom is 0.310 e. The summed E-state index contributed by atoms with van der Waals surface area (Å²) in [5, 5.41) is 8.93. The zero-order valence-corrected chi connectivity index (χ0v) is 10.4. The van der Waals surface area contributed by atoms with Crippen molar-refractivity contribution in [3.8, 4) is 11.8 Å². The number of hydrogen-bond donors (Lipinski definition) is 0. The van der Waals surface area contributed by atoms with Crippen molar-refractivity contribution in [2.75, 3.05) is 14.2 Å². The highest BCUT2D eigenvalue weighted by Crippen LogP contribution is 2.29. The molecule has 0 saturated carbocycles. The Labute approximate surface area is 105 Å². The van der Waals surface area contributed by atoms with Crippen LogP contribution in [0.1, 0.15) is 16.7 Å². The van der Waals surface area contributed by atoms with Gasteiger partial charge in [-0.1, -0.05) is 6.07 Å². The smallest absolute Gasteiger partial charge is 0.310 e. The molecule has 1 aromatic carbocycles. The maximum absolute atomic E-state index is 11.2. The molecule has 0 heterocycles. The zero-order valence-electron chi connectivity index (χ0n) is 9.62. The highest BCUT2D eigenvalue weighted by molar-refractivity contribution is 6.17. The Morgan fingerprint density at radius 1 is 1.47 bits per heavy atom. The number of nitrogens with zero attached hydrogens (tertiary/aromatic N) is 1. The molecule has 0 radical (unpaired) electrons. The maximum atomic E-state index is 11.2. The largest absolute Gasteiger partial charge is 0.496 e. The molecule has 0 atom stereocenters. The zero-order chi connectivity index (χ0) is 12.8. The van der Waals surface area contributed by atoms with Gasteiger partial charge >= 0.3 is 5.97 Å². The predicted octanol–water partition coefficient (Wildman–Crippen LogP) is 2.02. The Hall–Kier alpha value is -1.73. The number of methoxy groups -OCH3 is 2. The van der Waals surface area contributed by atoms with E-state index in [2.05, 4.69) is 4.74 Å². The van der Waals surface area contributed by atoms with Crippen molar-refractivity contribution in [2.45, 2.75) is 12.3 Å². The molecule has 1 aromatic rings. The first-order valence-corrected chi connectivity index (χ1v) is 5.43. The first-order chi connectivity index (χ1) is 8.17. The van der Waals surface area contributed by atoms with Gasteiger partial charge in [-0.2, -0.15) is 5.26 Å². The molecule has 17 heavy (non-hydrogen) atoms. The standard InChI is InChI=1S/C12H12ClNO3/c1-16-11(15)5-8-3-4-9(7-14)10(6-13)12(8)17-2/h3-4H,5-6H2,1-2H3. The number of halogens is 1. The second-order valence-corrected chi connectivity index (χ2v) is 3.55. The third-order valence-corrected chi connectivity index (χ3v) is 2.63. The van der Waals surface area contributed by atoms with E-state index in [0.717, 1.165) is 0 Å². The number of alkyl halides is 1. The molecule has 0 unspecified atom stereocenters. The minimum atomic E-state index is -0.367. The van der Waals surface area contributed by atoms with E-state index in [4.69, 9.17) is 21.6 Å². The summed E-state index contributed by atoms with van der Waals surface area (Å²) < 4.78 is 9.80. The van der Waals surface area contributed by atoms with Crippen LogP contribution in [0.15, 0.2) is 12.1 Å². The quantitative estimate of drug-likeness (QED) is 0.608. The number of esters is 1. The molecule has 5 heteroatoms. The van der Waals surface area contributed by atoms with Crippen LogP contribution < -0.4 is 4.74 Å². The lowest BCUT2D eigenvalue weighted by atomic mass is 10.0. The molecule has 0 spiro atoms. The van der Waals surface area contributed by atoms with Crippen LogP contribution in [-0.4, -0.2) is 20.2 Å². The molecule has 0 fully saturated rings. The highest BCUT2D eigenvalue weighted by Gasteiger charge is 2.15. The second kappa shape index (κ2) is 6.12. The van der Waals surface area contributed by atoms with Crippen LogP contribution in [0.2, 0.25) is 0 Å². The normalized spacial score (nSPS) is 9.53. The van der Waals surface area contributed by atoms with Gasteiger partial charge in [0.25, 0.3) is 0 Å². The molecule has 0 aliphatic carbocycles. The fourth-order valence-corrected chi connectivity index (χ4v) is 1.80. The number of hydrogen-bond acceptors (Lipinski definition) is 4. The van der Waals surface area contributed by atoms with Crippen LogP contribution in [-0.2, 0) is 21.8 Å². The summed E-state index contributed by atoms with van der Waals surface area (Å²) in [6, 6.07) is 5.33. The van der Waals surface area contributed by atoms with Crippen molar-refractivity contribution in [1.82, 2.24) is 0 Å².